The summed E-state index contributed by atoms with van der Waals surface area (Å²) < 4.78 is 0. The number of nitrogens with one attached hydrogen (secondary N) is 1. The third kappa shape index (κ3) is 4.26. The number of hydrogen-bond acceptors (Lipinski definition) is 4. The number of likely N-dealkylation sites (N-methyl/N-ethyl adjacent to an activating group) is 1. The molecular weight excluding hydrogens is 452 g/mol. The first-order valence-corrected chi connectivity index (χ1v) is 13.9. The Morgan fingerprint density at radius 1 is 1.03 bits per heavy atom. The van der Waals surface area contributed by atoms with Crippen molar-refractivity contribution < 1.29 is 19.5 Å². The summed E-state index contributed by atoms with van der Waals surface area (Å²) in [4.78, 5) is 39.7. The smallest absolute Gasteiger partial charge is 0.261 e. The highest BCUT2D eigenvalue weighted by Crippen LogP contribution is 2.59. The van der Waals surface area contributed by atoms with Gasteiger partial charge in [0.25, 0.3) is 5.91 Å². The van der Waals surface area contributed by atoms with E-state index in [1.165, 1.54) is 17.7 Å². The second-order valence-corrected chi connectivity index (χ2v) is 11.7. The van der Waals surface area contributed by atoms with Gasteiger partial charge in [0.05, 0.1) is 6.04 Å². The molecule has 2 aliphatic heterocycles. The standard InChI is InChI=1S/C30H40N2O4/c1-4-19-17(2)15-23-21(19)11-12-22-20-7-5-9-27(34)31-14-6-8-25-29(35)28(30(36)32(25)3)26(33)13-10-18(20)16-24(22)23/h5,9-13,17-25,33H,4,6-8,14-16H2,1-3H3,(H,31,34)/b9-5-,13-10+,28-26?/t17-,18-,19-,20+,21+,22-,23+,24+,25+/m1/s1. The first-order chi connectivity index (χ1) is 17.3. The number of rotatable bonds is 1. The Kier molecular flexibility index (Phi) is 6.97. The van der Waals surface area contributed by atoms with Crippen molar-refractivity contribution in [2.45, 2.75) is 58.4 Å². The van der Waals surface area contributed by atoms with Crippen LogP contribution in [0.15, 0.2) is 47.8 Å². The van der Waals surface area contributed by atoms with Crippen LogP contribution in [0.4, 0.5) is 0 Å². The number of carbonyl (C=O) groups excluding carboxylic acids is 3. The van der Waals surface area contributed by atoms with Gasteiger partial charge in [0.1, 0.15) is 11.3 Å². The van der Waals surface area contributed by atoms with Crippen molar-refractivity contribution in [3.05, 3.63) is 47.8 Å². The fraction of sp³-hybridized carbons (Fsp3) is 0.633. The van der Waals surface area contributed by atoms with Crippen LogP contribution in [0.3, 0.4) is 0 Å². The first-order valence-electron chi connectivity index (χ1n) is 13.9. The van der Waals surface area contributed by atoms with E-state index in [0.29, 0.717) is 49.0 Å². The van der Waals surface area contributed by atoms with E-state index < -0.39 is 11.9 Å². The lowest BCUT2D eigenvalue weighted by Gasteiger charge is -2.35. The van der Waals surface area contributed by atoms with Crippen LogP contribution in [-0.2, 0) is 14.4 Å². The van der Waals surface area contributed by atoms with Crippen LogP contribution in [0.25, 0.3) is 0 Å². The predicted octanol–water partition coefficient (Wildman–Crippen LogP) is 4.36. The van der Waals surface area contributed by atoms with Crippen molar-refractivity contribution in [2.75, 3.05) is 13.6 Å². The van der Waals surface area contributed by atoms with E-state index in [0.717, 1.165) is 24.7 Å². The van der Waals surface area contributed by atoms with E-state index in [9.17, 15) is 19.5 Å². The number of Topliss-reactive ketones (excluding diaryl/α,β-unsaturated/α-hetero) is 1. The summed E-state index contributed by atoms with van der Waals surface area (Å²) in [5, 5.41) is 13.8. The quantitative estimate of drug-likeness (QED) is 0.421. The number of hydrogen-bond donors (Lipinski definition) is 2. The maximum absolute atomic E-state index is 13.0. The Bertz CT molecular complexity index is 1040. The van der Waals surface area contributed by atoms with E-state index in [1.54, 1.807) is 19.2 Å². The Morgan fingerprint density at radius 2 is 1.78 bits per heavy atom. The molecule has 6 heteroatoms. The van der Waals surface area contributed by atoms with Crippen LogP contribution in [0.5, 0.6) is 0 Å². The average molecular weight is 493 g/mol. The van der Waals surface area contributed by atoms with Gasteiger partial charge in [-0.2, -0.15) is 0 Å². The van der Waals surface area contributed by atoms with E-state index in [-0.39, 0.29) is 28.9 Å². The van der Waals surface area contributed by atoms with Crippen molar-refractivity contribution >= 4 is 17.6 Å². The molecule has 5 rings (SSSR count). The Morgan fingerprint density at radius 3 is 2.56 bits per heavy atom. The lowest BCUT2D eigenvalue weighted by Crippen LogP contribution is -2.33. The Hall–Kier alpha value is -2.63. The lowest BCUT2D eigenvalue weighted by molar-refractivity contribution is -0.125. The zero-order chi connectivity index (χ0) is 25.6. The third-order valence-electron chi connectivity index (χ3n) is 9.96. The van der Waals surface area contributed by atoms with Crippen molar-refractivity contribution in [1.29, 1.82) is 0 Å². The minimum Gasteiger partial charge on any atom is -0.507 e. The van der Waals surface area contributed by atoms with Crippen LogP contribution in [-0.4, -0.2) is 47.2 Å². The van der Waals surface area contributed by atoms with Gasteiger partial charge < -0.3 is 15.3 Å². The number of carbonyl (C=O) groups is 3. The molecule has 3 fully saturated rings. The summed E-state index contributed by atoms with van der Waals surface area (Å²) in [6, 6.07) is -0.594. The first kappa shape index (κ1) is 25.0. The molecule has 0 aromatic heterocycles. The maximum Gasteiger partial charge on any atom is 0.261 e. The molecule has 0 aromatic carbocycles. The van der Waals surface area contributed by atoms with E-state index in [2.05, 4.69) is 31.3 Å². The molecule has 2 saturated carbocycles. The molecule has 0 aromatic rings. The fourth-order valence-electron chi connectivity index (χ4n) is 8.21. The molecule has 2 amide bonds. The molecule has 9 atom stereocenters. The number of nitrogens with zero attached hydrogens (tertiary/aromatic N) is 1. The molecule has 2 heterocycles. The number of aliphatic hydroxyl groups excluding tert-OH is 1. The predicted molar refractivity (Wildman–Crippen MR) is 139 cm³/mol. The molecule has 36 heavy (non-hydrogen) atoms. The van der Waals surface area contributed by atoms with Crippen LogP contribution in [0.2, 0.25) is 0 Å². The molecular formula is C30H40N2O4. The van der Waals surface area contributed by atoms with E-state index in [4.69, 9.17) is 0 Å². The minimum absolute atomic E-state index is 0.0999. The van der Waals surface area contributed by atoms with Gasteiger partial charge >= 0.3 is 0 Å². The zero-order valence-electron chi connectivity index (χ0n) is 21.7. The van der Waals surface area contributed by atoms with Crippen LogP contribution < -0.4 is 5.32 Å². The summed E-state index contributed by atoms with van der Waals surface area (Å²) in [5.74, 6) is 3.30. The van der Waals surface area contributed by atoms with Gasteiger partial charge in [0, 0.05) is 13.6 Å². The normalized spacial score (nSPS) is 42.7. The SMILES string of the molecule is CC[C@H]1[C@@H]2C=C[C@@H]3[C@H]4C/C=C\C(=O)NCCC[C@H]5C(=O)C(=C(O)/C=C/[C@@H]4C[C@@H]3[C@H]2C[C@H]1C)C(=O)N5C. The average Bonchev–Trinajstić information content (AvgIpc) is 3.44. The van der Waals surface area contributed by atoms with Gasteiger partial charge in [-0.3, -0.25) is 14.4 Å². The summed E-state index contributed by atoms with van der Waals surface area (Å²) in [6.07, 6.45) is 17.5. The van der Waals surface area contributed by atoms with Gasteiger partial charge in [0.2, 0.25) is 5.91 Å². The molecule has 0 unspecified atom stereocenters. The Balaban J connectivity index is 1.47. The molecule has 3 aliphatic carbocycles. The highest BCUT2D eigenvalue weighted by molar-refractivity contribution is 6.26. The monoisotopic (exact) mass is 492 g/mol. The van der Waals surface area contributed by atoms with Gasteiger partial charge in [0.15, 0.2) is 5.78 Å². The molecule has 194 valence electrons. The third-order valence-corrected chi connectivity index (χ3v) is 9.96. The highest BCUT2D eigenvalue weighted by Gasteiger charge is 2.52. The fourth-order valence-corrected chi connectivity index (χ4v) is 8.21. The number of likely N-dealkylation sites (tertiary alicyclic amines) is 1. The molecule has 0 spiro atoms. The van der Waals surface area contributed by atoms with Gasteiger partial charge in [-0.1, -0.05) is 44.6 Å². The zero-order valence-corrected chi connectivity index (χ0v) is 21.7. The molecule has 6 nitrogen and oxygen atoms in total. The van der Waals surface area contributed by atoms with Crippen LogP contribution in [0, 0.1) is 47.3 Å². The summed E-state index contributed by atoms with van der Waals surface area (Å²) in [5.41, 5.74) is -0.0999. The van der Waals surface area contributed by atoms with Crippen molar-refractivity contribution in [2.24, 2.45) is 47.3 Å². The summed E-state index contributed by atoms with van der Waals surface area (Å²) in [7, 11) is 1.61. The lowest BCUT2D eigenvalue weighted by atomic mass is 9.69. The maximum atomic E-state index is 13.0. The number of ketones is 1. The summed E-state index contributed by atoms with van der Waals surface area (Å²) in [6.45, 7) is 5.15. The van der Waals surface area contributed by atoms with Crippen molar-refractivity contribution in [1.82, 2.24) is 10.2 Å². The largest absolute Gasteiger partial charge is 0.507 e. The van der Waals surface area contributed by atoms with E-state index >= 15 is 0 Å². The van der Waals surface area contributed by atoms with Gasteiger partial charge in [-0.25, -0.2) is 0 Å². The second-order valence-electron chi connectivity index (χ2n) is 11.7. The number of fused-ring (bicyclic) bond motifs is 7. The van der Waals surface area contributed by atoms with E-state index in [1.807, 2.05) is 12.2 Å². The molecule has 2 N–H and O–H groups in total. The van der Waals surface area contributed by atoms with Crippen LogP contribution >= 0.6 is 0 Å². The molecule has 0 radical (unpaired) electrons. The summed E-state index contributed by atoms with van der Waals surface area (Å²) >= 11 is 0. The molecule has 5 aliphatic rings. The van der Waals surface area contributed by atoms with Crippen molar-refractivity contribution in [3.63, 3.8) is 0 Å². The minimum atomic E-state index is -0.594. The number of amides is 2. The van der Waals surface area contributed by atoms with Gasteiger partial charge in [-0.05, 0) is 91.6 Å². The highest BCUT2D eigenvalue weighted by atomic mass is 16.3. The molecule has 2 bridgehead atoms. The second kappa shape index (κ2) is 10.0. The van der Waals surface area contributed by atoms with Crippen LogP contribution in [0.1, 0.15) is 52.4 Å². The number of allylic oxidation sites excluding steroid dienone is 5. The topological polar surface area (TPSA) is 86.7 Å². The van der Waals surface area contributed by atoms with Crippen molar-refractivity contribution in [3.8, 4) is 0 Å². The van der Waals surface area contributed by atoms with Gasteiger partial charge in [-0.15, -0.1) is 0 Å². The number of aliphatic hydroxyl groups is 1. The molecule has 1 saturated heterocycles. The Labute approximate surface area is 214 Å².